The van der Waals surface area contributed by atoms with Crippen molar-refractivity contribution in [2.24, 2.45) is 0 Å². The van der Waals surface area contributed by atoms with E-state index in [4.69, 9.17) is 4.74 Å². The van der Waals surface area contributed by atoms with Crippen LogP contribution in [0.5, 0.6) is 5.75 Å². The molecule has 2 aromatic heterocycles. The van der Waals surface area contributed by atoms with Crippen molar-refractivity contribution in [3.63, 3.8) is 0 Å². The largest absolute Gasteiger partial charge is 0.491 e. The van der Waals surface area contributed by atoms with Crippen LogP contribution in [0.1, 0.15) is 35.3 Å². The first kappa shape index (κ1) is 20.9. The third-order valence-electron chi connectivity index (χ3n) is 5.85. The van der Waals surface area contributed by atoms with Gasteiger partial charge in [0.2, 0.25) is 0 Å². The van der Waals surface area contributed by atoms with Crippen molar-refractivity contribution in [3.8, 4) is 5.75 Å². The van der Waals surface area contributed by atoms with Crippen LogP contribution in [-0.2, 0) is 13.1 Å². The maximum absolute atomic E-state index is 13.7. The van der Waals surface area contributed by atoms with Crippen molar-refractivity contribution < 1.29 is 9.53 Å². The zero-order chi connectivity index (χ0) is 22.8. The molecule has 0 fully saturated rings. The number of benzene rings is 3. The van der Waals surface area contributed by atoms with Crippen molar-refractivity contribution in [3.05, 3.63) is 102 Å². The van der Waals surface area contributed by atoms with Crippen LogP contribution in [0.15, 0.2) is 85.2 Å². The molecule has 0 aliphatic rings. The zero-order valence-electron chi connectivity index (χ0n) is 18.8. The molecular formula is C28H27N3O2. The van der Waals surface area contributed by atoms with E-state index in [0.29, 0.717) is 18.7 Å². The van der Waals surface area contributed by atoms with E-state index in [9.17, 15) is 4.79 Å². The summed E-state index contributed by atoms with van der Waals surface area (Å²) in [5.74, 6) is 0.758. The number of nitrogens with zero attached hydrogens (tertiary/aromatic N) is 1. The minimum Gasteiger partial charge on any atom is -0.491 e. The monoisotopic (exact) mass is 437 g/mol. The average Bonchev–Trinajstić information content (AvgIpc) is 3.49. The minimum atomic E-state index is -0.00817. The minimum absolute atomic E-state index is 0.00817. The van der Waals surface area contributed by atoms with Crippen molar-refractivity contribution in [2.75, 3.05) is 0 Å². The molecule has 5 rings (SSSR count). The third-order valence-corrected chi connectivity index (χ3v) is 5.85. The highest BCUT2D eigenvalue weighted by Gasteiger charge is 2.19. The first-order chi connectivity index (χ1) is 16.1. The molecule has 1 amide bonds. The van der Waals surface area contributed by atoms with Gasteiger partial charge >= 0.3 is 0 Å². The highest BCUT2D eigenvalue weighted by molar-refractivity contribution is 5.95. The Morgan fingerprint density at radius 2 is 1.33 bits per heavy atom. The summed E-state index contributed by atoms with van der Waals surface area (Å²) in [5, 5.41) is 2.27. The number of hydrogen-bond donors (Lipinski definition) is 2. The second kappa shape index (κ2) is 8.87. The SMILES string of the molecule is CC(C)Oc1ccc(C(=O)N(Cc2cccc3[nH]ccc23)Cc2cccc3[nH]ccc23)cc1. The molecule has 0 unspecified atom stereocenters. The second-order valence-electron chi connectivity index (χ2n) is 8.56. The number of carbonyl (C=O) groups is 1. The number of hydrogen-bond acceptors (Lipinski definition) is 2. The van der Waals surface area contributed by atoms with Crippen LogP contribution in [0, 0.1) is 0 Å². The summed E-state index contributed by atoms with van der Waals surface area (Å²) >= 11 is 0. The lowest BCUT2D eigenvalue weighted by molar-refractivity contribution is 0.0731. The summed E-state index contributed by atoms with van der Waals surface area (Å²) in [4.78, 5) is 22.2. The Labute approximate surface area is 193 Å². The summed E-state index contributed by atoms with van der Waals surface area (Å²) in [6.45, 7) is 5.01. The molecule has 0 atom stereocenters. The van der Waals surface area contributed by atoms with Crippen molar-refractivity contribution in [1.82, 2.24) is 14.9 Å². The van der Waals surface area contributed by atoms with Crippen LogP contribution >= 0.6 is 0 Å². The summed E-state index contributed by atoms with van der Waals surface area (Å²) in [7, 11) is 0. The van der Waals surface area contributed by atoms with E-state index in [1.165, 1.54) is 0 Å². The van der Waals surface area contributed by atoms with Gasteiger partial charge in [-0.25, -0.2) is 0 Å². The molecule has 33 heavy (non-hydrogen) atoms. The van der Waals surface area contributed by atoms with Gasteiger partial charge in [0.25, 0.3) is 5.91 Å². The van der Waals surface area contributed by atoms with Crippen LogP contribution in [0.4, 0.5) is 0 Å². The van der Waals surface area contributed by atoms with Gasteiger partial charge in [-0.1, -0.05) is 24.3 Å². The maximum Gasteiger partial charge on any atom is 0.254 e. The fraction of sp³-hybridized carbons (Fsp3) is 0.179. The standard InChI is InChI=1S/C28H27N3O2/c1-19(2)33-23-11-9-20(10-12-23)28(32)31(17-21-5-3-7-26-24(21)13-15-29-26)18-22-6-4-8-27-25(22)14-16-30-27/h3-16,19,29-30H,17-18H2,1-2H3. The Morgan fingerprint density at radius 1 is 0.788 bits per heavy atom. The van der Waals surface area contributed by atoms with Gasteiger partial charge in [-0.05, 0) is 73.5 Å². The van der Waals surface area contributed by atoms with Crippen LogP contribution < -0.4 is 4.74 Å². The Bertz CT molecular complexity index is 1320. The number of amides is 1. The van der Waals surface area contributed by atoms with Gasteiger partial charge < -0.3 is 19.6 Å². The van der Waals surface area contributed by atoms with Gasteiger partial charge in [-0.2, -0.15) is 0 Å². The van der Waals surface area contributed by atoms with E-state index in [1.54, 1.807) is 0 Å². The highest BCUT2D eigenvalue weighted by Crippen LogP contribution is 2.25. The number of fused-ring (bicyclic) bond motifs is 2. The maximum atomic E-state index is 13.7. The fourth-order valence-electron chi connectivity index (χ4n) is 4.32. The average molecular weight is 438 g/mol. The number of aromatic amines is 2. The first-order valence-corrected chi connectivity index (χ1v) is 11.2. The topological polar surface area (TPSA) is 61.1 Å². The van der Waals surface area contributed by atoms with E-state index in [2.05, 4.69) is 46.4 Å². The lowest BCUT2D eigenvalue weighted by Crippen LogP contribution is -2.30. The van der Waals surface area contributed by atoms with Crippen LogP contribution in [0.2, 0.25) is 0 Å². The van der Waals surface area contributed by atoms with Crippen molar-refractivity contribution in [2.45, 2.75) is 33.0 Å². The number of carbonyl (C=O) groups excluding carboxylic acids is 1. The van der Waals surface area contributed by atoms with E-state index in [-0.39, 0.29) is 12.0 Å². The predicted molar refractivity (Wildman–Crippen MR) is 132 cm³/mol. The normalized spacial score (nSPS) is 11.4. The van der Waals surface area contributed by atoms with Crippen molar-refractivity contribution >= 4 is 27.7 Å². The van der Waals surface area contributed by atoms with Crippen LogP contribution in [0.3, 0.4) is 0 Å². The van der Waals surface area contributed by atoms with Gasteiger partial charge in [0.1, 0.15) is 5.75 Å². The lowest BCUT2D eigenvalue weighted by atomic mass is 10.1. The van der Waals surface area contributed by atoms with Gasteiger partial charge in [0.15, 0.2) is 0 Å². The number of ether oxygens (including phenoxy) is 1. The third kappa shape index (κ3) is 4.35. The van der Waals surface area contributed by atoms with Crippen molar-refractivity contribution in [1.29, 1.82) is 0 Å². The van der Waals surface area contributed by atoms with Gasteiger partial charge in [-0.15, -0.1) is 0 Å². The molecule has 2 N–H and O–H groups in total. The summed E-state index contributed by atoms with van der Waals surface area (Å²) in [6, 6.07) is 23.9. The molecule has 0 saturated carbocycles. The number of nitrogens with one attached hydrogen (secondary N) is 2. The number of aromatic nitrogens is 2. The van der Waals surface area contributed by atoms with Crippen LogP contribution in [0.25, 0.3) is 21.8 Å². The number of rotatable bonds is 7. The van der Waals surface area contributed by atoms with Gasteiger partial charge in [0, 0.05) is 52.9 Å². The smallest absolute Gasteiger partial charge is 0.254 e. The Morgan fingerprint density at radius 3 is 1.85 bits per heavy atom. The zero-order valence-corrected chi connectivity index (χ0v) is 18.8. The Balaban J connectivity index is 1.49. The first-order valence-electron chi connectivity index (χ1n) is 11.2. The quantitative estimate of drug-likeness (QED) is 0.315. The molecule has 5 aromatic rings. The molecule has 166 valence electrons. The van der Waals surface area contributed by atoms with Gasteiger partial charge in [-0.3, -0.25) is 4.79 Å². The van der Waals surface area contributed by atoms with E-state index >= 15 is 0 Å². The molecular weight excluding hydrogens is 410 g/mol. The van der Waals surface area contributed by atoms with E-state index in [0.717, 1.165) is 38.7 Å². The lowest BCUT2D eigenvalue weighted by Gasteiger charge is -2.24. The Kier molecular flexibility index (Phi) is 5.61. The summed E-state index contributed by atoms with van der Waals surface area (Å²) < 4.78 is 5.75. The van der Waals surface area contributed by atoms with E-state index < -0.39 is 0 Å². The van der Waals surface area contributed by atoms with Gasteiger partial charge in [0.05, 0.1) is 6.10 Å². The number of H-pyrrole nitrogens is 2. The predicted octanol–water partition coefficient (Wildman–Crippen LogP) is 6.28. The van der Waals surface area contributed by atoms with E-state index in [1.807, 2.05) is 67.5 Å². The molecule has 0 bridgehead atoms. The molecule has 0 aliphatic carbocycles. The molecule has 0 aliphatic heterocycles. The second-order valence-corrected chi connectivity index (χ2v) is 8.56. The summed E-state index contributed by atoms with van der Waals surface area (Å²) in [6.07, 6.45) is 3.97. The Hall–Kier alpha value is -3.99. The molecule has 3 aromatic carbocycles. The summed E-state index contributed by atoms with van der Waals surface area (Å²) in [5.41, 5.74) is 5.02. The highest BCUT2D eigenvalue weighted by atomic mass is 16.5. The molecule has 5 nitrogen and oxygen atoms in total. The molecule has 0 radical (unpaired) electrons. The molecule has 2 heterocycles. The molecule has 0 saturated heterocycles. The molecule has 5 heteroatoms. The molecule has 0 spiro atoms. The van der Waals surface area contributed by atoms with Crippen LogP contribution in [-0.4, -0.2) is 26.9 Å². The fourth-order valence-corrected chi connectivity index (χ4v) is 4.32.